The summed E-state index contributed by atoms with van der Waals surface area (Å²) >= 11 is 0. The number of amides is 2. The smallest absolute Gasteiger partial charge is 0.255 e. The van der Waals surface area contributed by atoms with Crippen LogP contribution in [0.3, 0.4) is 0 Å². The molecule has 0 radical (unpaired) electrons. The summed E-state index contributed by atoms with van der Waals surface area (Å²) in [6.07, 6.45) is 0.0214. The Balaban J connectivity index is 2.19. The topological polar surface area (TPSA) is 96.0 Å². The second-order valence-electron chi connectivity index (χ2n) is 5.05. The van der Waals surface area contributed by atoms with Crippen molar-refractivity contribution in [2.45, 2.75) is 12.5 Å². The first-order valence-corrected chi connectivity index (χ1v) is 6.95. The first-order chi connectivity index (χ1) is 11.4. The zero-order chi connectivity index (χ0) is 17.7. The van der Waals surface area contributed by atoms with Crippen molar-refractivity contribution < 1.29 is 18.4 Å². The molecule has 122 valence electrons. The second kappa shape index (κ2) is 7.33. The zero-order valence-electron chi connectivity index (χ0n) is 12.4. The lowest BCUT2D eigenvalue weighted by atomic mass is 10.0. The molecule has 0 aliphatic carbocycles. The number of benzene rings is 2. The average Bonchev–Trinajstić information content (AvgIpc) is 2.56. The number of carbonyl (C=O) groups is 2. The van der Waals surface area contributed by atoms with E-state index >= 15 is 0 Å². The standard InChI is InChI=1S/C17H13F2N3O2/c18-13-6-2-5-12(15(13)19)17(24)22-14(16(21)23)8-10-3-1-4-11(7-10)9-20/h1-7,14H,8H2,(H2,21,23)(H,22,24)/t14-/m1/s1. The van der Waals surface area contributed by atoms with Gasteiger partial charge in [0, 0.05) is 6.42 Å². The number of hydrogen-bond donors (Lipinski definition) is 2. The summed E-state index contributed by atoms with van der Waals surface area (Å²) in [6, 6.07) is 10.4. The van der Waals surface area contributed by atoms with E-state index in [0.29, 0.717) is 11.1 Å². The molecule has 0 bridgehead atoms. The van der Waals surface area contributed by atoms with E-state index in [9.17, 15) is 18.4 Å². The maximum Gasteiger partial charge on any atom is 0.255 e. The molecule has 2 aromatic carbocycles. The van der Waals surface area contributed by atoms with Crippen molar-refractivity contribution >= 4 is 11.8 Å². The molecule has 0 aromatic heterocycles. The molecule has 0 fully saturated rings. The van der Waals surface area contributed by atoms with Gasteiger partial charge in [0.2, 0.25) is 5.91 Å². The van der Waals surface area contributed by atoms with E-state index in [0.717, 1.165) is 12.1 Å². The maximum atomic E-state index is 13.6. The number of carbonyl (C=O) groups excluding carboxylic acids is 2. The summed E-state index contributed by atoms with van der Waals surface area (Å²) in [7, 11) is 0. The van der Waals surface area contributed by atoms with Gasteiger partial charge in [-0.3, -0.25) is 9.59 Å². The van der Waals surface area contributed by atoms with Gasteiger partial charge in [-0.05, 0) is 29.8 Å². The summed E-state index contributed by atoms with van der Waals surface area (Å²) in [5.41, 5.74) is 5.72. The highest BCUT2D eigenvalue weighted by Gasteiger charge is 2.22. The fourth-order valence-electron chi connectivity index (χ4n) is 2.14. The van der Waals surface area contributed by atoms with Gasteiger partial charge in [0.05, 0.1) is 17.2 Å². The summed E-state index contributed by atoms with van der Waals surface area (Å²) in [5, 5.41) is 11.2. The second-order valence-corrected chi connectivity index (χ2v) is 5.05. The van der Waals surface area contributed by atoms with Crippen LogP contribution in [-0.2, 0) is 11.2 Å². The van der Waals surface area contributed by atoms with E-state index in [-0.39, 0.29) is 6.42 Å². The van der Waals surface area contributed by atoms with Crippen LogP contribution in [0.2, 0.25) is 0 Å². The molecule has 2 rings (SSSR count). The van der Waals surface area contributed by atoms with Gasteiger partial charge >= 0.3 is 0 Å². The lowest BCUT2D eigenvalue weighted by Crippen LogP contribution is -2.46. The highest BCUT2D eigenvalue weighted by Crippen LogP contribution is 2.12. The van der Waals surface area contributed by atoms with Crippen molar-refractivity contribution in [3.8, 4) is 6.07 Å². The van der Waals surface area contributed by atoms with Crippen LogP contribution in [0.4, 0.5) is 8.78 Å². The molecule has 7 heteroatoms. The molecular formula is C17H13F2N3O2. The maximum absolute atomic E-state index is 13.6. The van der Waals surface area contributed by atoms with Crippen LogP contribution < -0.4 is 11.1 Å². The average molecular weight is 329 g/mol. The van der Waals surface area contributed by atoms with Crippen LogP contribution >= 0.6 is 0 Å². The first kappa shape index (κ1) is 17.1. The van der Waals surface area contributed by atoms with E-state index in [4.69, 9.17) is 11.0 Å². The fourth-order valence-corrected chi connectivity index (χ4v) is 2.14. The highest BCUT2D eigenvalue weighted by molar-refractivity contribution is 5.97. The third-order valence-electron chi connectivity index (χ3n) is 3.34. The molecule has 0 aliphatic heterocycles. The molecule has 0 unspecified atom stereocenters. The molecule has 1 atom stereocenters. The Morgan fingerprint density at radius 2 is 1.92 bits per heavy atom. The van der Waals surface area contributed by atoms with Crippen molar-refractivity contribution in [3.05, 3.63) is 70.8 Å². The lowest BCUT2D eigenvalue weighted by Gasteiger charge is -2.16. The Kier molecular flexibility index (Phi) is 5.22. The van der Waals surface area contributed by atoms with Gasteiger partial charge < -0.3 is 11.1 Å². The predicted molar refractivity (Wildman–Crippen MR) is 81.7 cm³/mol. The quantitative estimate of drug-likeness (QED) is 0.873. The van der Waals surface area contributed by atoms with E-state index in [2.05, 4.69) is 5.32 Å². The number of rotatable bonds is 5. The van der Waals surface area contributed by atoms with Crippen molar-refractivity contribution in [1.82, 2.24) is 5.32 Å². The van der Waals surface area contributed by atoms with Crippen LogP contribution in [0.25, 0.3) is 0 Å². The Bertz CT molecular complexity index is 831. The van der Waals surface area contributed by atoms with Crippen molar-refractivity contribution in [2.24, 2.45) is 5.73 Å². The third-order valence-corrected chi connectivity index (χ3v) is 3.34. The van der Waals surface area contributed by atoms with Crippen LogP contribution in [0.15, 0.2) is 42.5 Å². The molecule has 0 saturated heterocycles. The van der Waals surface area contributed by atoms with Gasteiger partial charge in [-0.1, -0.05) is 18.2 Å². The third kappa shape index (κ3) is 3.93. The van der Waals surface area contributed by atoms with Gasteiger partial charge in [-0.2, -0.15) is 5.26 Å². The lowest BCUT2D eigenvalue weighted by molar-refractivity contribution is -0.119. The van der Waals surface area contributed by atoms with Gasteiger partial charge in [-0.15, -0.1) is 0 Å². The number of nitriles is 1. The highest BCUT2D eigenvalue weighted by atomic mass is 19.2. The molecule has 24 heavy (non-hydrogen) atoms. The van der Waals surface area contributed by atoms with Crippen LogP contribution in [0.1, 0.15) is 21.5 Å². The fraction of sp³-hybridized carbons (Fsp3) is 0.118. The van der Waals surface area contributed by atoms with Gasteiger partial charge in [0.25, 0.3) is 5.91 Å². The van der Waals surface area contributed by atoms with Crippen molar-refractivity contribution in [1.29, 1.82) is 5.26 Å². The minimum absolute atomic E-state index is 0.0214. The van der Waals surface area contributed by atoms with Crippen molar-refractivity contribution in [3.63, 3.8) is 0 Å². The summed E-state index contributed by atoms with van der Waals surface area (Å²) in [5.74, 6) is -4.25. The summed E-state index contributed by atoms with van der Waals surface area (Å²) < 4.78 is 26.8. The van der Waals surface area contributed by atoms with Crippen molar-refractivity contribution in [2.75, 3.05) is 0 Å². The number of nitrogens with zero attached hydrogens (tertiary/aromatic N) is 1. The minimum Gasteiger partial charge on any atom is -0.368 e. The van der Waals surface area contributed by atoms with Crippen LogP contribution in [0.5, 0.6) is 0 Å². The van der Waals surface area contributed by atoms with E-state index in [1.54, 1.807) is 24.3 Å². The molecule has 5 nitrogen and oxygen atoms in total. The number of nitrogens with two attached hydrogens (primary N) is 1. The van der Waals surface area contributed by atoms with E-state index in [1.165, 1.54) is 6.07 Å². The SMILES string of the molecule is N#Cc1cccc(C[C@@H](NC(=O)c2cccc(F)c2F)C(N)=O)c1. The van der Waals surface area contributed by atoms with Crippen LogP contribution in [0, 0.1) is 23.0 Å². The van der Waals surface area contributed by atoms with Gasteiger partial charge in [0.15, 0.2) is 11.6 Å². The number of nitrogens with one attached hydrogen (secondary N) is 1. The zero-order valence-corrected chi connectivity index (χ0v) is 12.4. The Morgan fingerprint density at radius 3 is 2.58 bits per heavy atom. The number of primary amides is 1. The Hall–Kier alpha value is -3.27. The molecule has 0 heterocycles. The molecule has 2 amide bonds. The monoisotopic (exact) mass is 329 g/mol. The minimum atomic E-state index is -1.30. The van der Waals surface area contributed by atoms with Gasteiger partial charge in [0.1, 0.15) is 6.04 Å². The molecule has 3 N–H and O–H groups in total. The normalized spacial score (nSPS) is 11.4. The molecular weight excluding hydrogens is 316 g/mol. The van der Waals surface area contributed by atoms with E-state index in [1.807, 2.05) is 6.07 Å². The first-order valence-electron chi connectivity index (χ1n) is 6.95. The van der Waals surface area contributed by atoms with Crippen LogP contribution in [-0.4, -0.2) is 17.9 Å². The number of hydrogen-bond acceptors (Lipinski definition) is 3. The molecule has 0 aliphatic rings. The largest absolute Gasteiger partial charge is 0.368 e. The summed E-state index contributed by atoms with van der Waals surface area (Å²) in [6.45, 7) is 0. The van der Waals surface area contributed by atoms with Gasteiger partial charge in [-0.25, -0.2) is 8.78 Å². The number of halogens is 2. The molecule has 2 aromatic rings. The molecule has 0 spiro atoms. The molecule has 0 saturated carbocycles. The summed E-state index contributed by atoms with van der Waals surface area (Å²) in [4.78, 5) is 23.6. The Labute approximate surface area is 136 Å². The Morgan fingerprint density at radius 1 is 1.21 bits per heavy atom. The predicted octanol–water partition coefficient (Wildman–Crippen LogP) is 1.66. The van der Waals surface area contributed by atoms with E-state index < -0.39 is 35.1 Å².